The van der Waals surface area contributed by atoms with Gasteiger partial charge in [-0.1, -0.05) is 0 Å². The number of amides is 1. The smallest absolute Gasteiger partial charge is 0.368 e. The Labute approximate surface area is 209 Å². The average molecular weight is 515 g/mol. The zero-order valence-electron chi connectivity index (χ0n) is 20.5. The second-order valence-corrected chi connectivity index (χ2v) is 9.10. The van der Waals surface area contributed by atoms with Crippen LogP contribution in [0.1, 0.15) is 67.0 Å². The van der Waals surface area contributed by atoms with Gasteiger partial charge >= 0.3 is 6.18 Å². The highest BCUT2D eigenvalue weighted by Crippen LogP contribution is 2.32. The zero-order chi connectivity index (χ0) is 27.1. The second-order valence-electron chi connectivity index (χ2n) is 9.10. The summed E-state index contributed by atoms with van der Waals surface area (Å²) < 4.78 is 43.2. The third-order valence-corrected chi connectivity index (χ3v) is 5.63. The van der Waals surface area contributed by atoms with Gasteiger partial charge in [0.25, 0.3) is 0 Å². The maximum atomic E-state index is 13.4. The van der Waals surface area contributed by atoms with Crippen LogP contribution in [0.4, 0.5) is 24.8 Å². The summed E-state index contributed by atoms with van der Waals surface area (Å²) >= 11 is 0. The van der Waals surface area contributed by atoms with Crippen molar-refractivity contribution in [2.24, 2.45) is 0 Å². The molecule has 13 heteroatoms. The van der Waals surface area contributed by atoms with E-state index in [0.717, 1.165) is 4.68 Å². The molecule has 194 valence electrons. The number of ketones is 1. The van der Waals surface area contributed by atoms with Gasteiger partial charge in [0.1, 0.15) is 5.65 Å². The van der Waals surface area contributed by atoms with Crippen LogP contribution in [0.25, 0.3) is 11.0 Å². The lowest BCUT2D eigenvalue weighted by Gasteiger charge is -2.08. The number of pyridine rings is 1. The molecule has 0 radical (unpaired) electrons. The Morgan fingerprint density at radius 3 is 2.46 bits per heavy atom. The number of anilines is 2. The lowest BCUT2D eigenvalue weighted by Crippen LogP contribution is -2.18. The summed E-state index contributed by atoms with van der Waals surface area (Å²) in [4.78, 5) is 38.2. The van der Waals surface area contributed by atoms with E-state index in [1.165, 1.54) is 30.9 Å². The molecule has 4 aromatic heterocycles. The normalized spacial score (nSPS) is 12.0. The summed E-state index contributed by atoms with van der Waals surface area (Å²) in [5.41, 5.74) is 5.52. The van der Waals surface area contributed by atoms with Gasteiger partial charge in [0.05, 0.1) is 23.9 Å². The van der Waals surface area contributed by atoms with Crippen LogP contribution in [0.15, 0.2) is 37.1 Å². The molecule has 10 nitrogen and oxygen atoms in total. The van der Waals surface area contributed by atoms with Crippen LogP contribution in [0.5, 0.6) is 0 Å². The molecule has 3 N–H and O–H groups in total. The van der Waals surface area contributed by atoms with E-state index < -0.39 is 24.2 Å². The van der Waals surface area contributed by atoms with Crippen molar-refractivity contribution in [1.29, 1.82) is 0 Å². The van der Waals surface area contributed by atoms with Gasteiger partial charge in [0.2, 0.25) is 11.9 Å². The SMILES string of the molecule is CC(C)n1cc(CC(=O)Nc2cncc(C(=O)c3cn(C(C)C)c4nc(N)ncc34)c2)c(C(F)(F)F)n1. The van der Waals surface area contributed by atoms with Crippen molar-refractivity contribution in [3.8, 4) is 0 Å². The van der Waals surface area contributed by atoms with E-state index in [-0.39, 0.29) is 40.6 Å². The first-order chi connectivity index (χ1) is 17.3. The Morgan fingerprint density at radius 1 is 1.08 bits per heavy atom. The quantitative estimate of drug-likeness (QED) is 0.353. The molecule has 0 aromatic carbocycles. The molecular weight excluding hydrogens is 489 g/mol. The Kier molecular flexibility index (Phi) is 6.72. The second kappa shape index (κ2) is 9.64. The molecule has 0 fully saturated rings. The number of aromatic nitrogens is 6. The number of alkyl halides is 3. The van der Waals surface area contributed by atoms with Crippen LogP contribution in [-0.2, 0) is 17.4 Å². The molecule has 0 saturated heterocycles. The van der Waals surface area contributed by atoms with E-state index in [0.29, 0.717) is 16.6 Å². The van der Waals surface area contributed by atoms with Gasteiger partial charge in [-0.2, -0.15) is 23.3 Å². The molecule has 0 aliphatic heterocycles. The maximum Gasteiger partial charge on any atom is 0.435 e. The fraction of sp³-hybridized carbons (Fsp3) is 0.333. The van der Waals surface area contributed by atoms with Gasteiger partial charge in [0, 0.05) is 53.4 Å². The van der Waals surface area contributed by atoms with Crippen molar-refractivity contribution in [3.05, 3.63) is 59.4 Å². The van der Waals surface area contributed by atoms with E-state index in [9.17, 15) is 22.8 Å². The molecule has 0 aliphatic carbocycles. The highest BCUT2D eigenvalue weighted by molar-refractivity contribution is 6.16. The van der Waals surface area contributed by atoms with Crippen LogP contribution < -0.4 is 11.1 Å². The van der Waals surface area contributed by atoms with Gasteiger partial charge in [-0.3, -0.25) is 19.3 Å². The minimum Gasteiger partial charge on any atom is -0.368 e. The Balaban J connectivity index is 1.59. The highest BCUT2D eigenvalue weighted by atomic mass is 19.4. The minimum absolute atomic E-state index is 0.0104. The molecule has 37 heavy (non-hydrogen) atoms. The standard InChI is InChI=1S/C24H25F3N8O2/c1-12(2)34-11-18(17-9-30-23(28)32-22(17)34)20(37)14-5-16(8-29-7-14)31-19(36)6-15-10-35(13(3)4)33-21(15)24(25,26)27/h5,7-13H,6H2,1-4H3,(H,31,36)(H2,28,30,32). The summed E-state index contributed by atoms with van der Waals surface area (Å²) in [7, 11) is 0. The number of rotatable bonds is 7. The maximum absolute atomic E-state index is 13.4. The highest BCUT2D eigenvalue weighted by Gasteiger charge is 2.37. The fourth-order valence-electron chi connectivity index (χ4n) is 3.85. The molecule has 0 bridgehead atoms. The molecule has 0 atom stereocenters. The number of nitrogens with one attached hydrogen (secondary N) is 1. The summed E-state index contributed by atoms with van der Waals surface area (Å²) in [6, 6.07) is 1.09. The van der Waals surface area contributed by atoms with E-state index in [2.05, 4.69) is 25.4 Å². The predicted molar refractivity (Wildman–Crippen MR) is 130 cm³/mol. The zero-order valence-corrected chi connectivity index (χ0v) is 20.5. The molecule has 0 saturated carbocycles. The molecule has 0 aliphatic rings. The van der Waals surface area contributed by atoms with Crippen LogP contribution in [0.2, 0.25) is 0 Å². The van der Waals surface area contributed by atoms with Crippen molar-refractivity contribution < 1.29 is 22.8 Å². The van der Waals surface area contributed by atoms with Gasteiger partial charge in [-0.25, -0.2) is 4.98 Å². The van der Waals surface area contributed by atoms with Crippen molar-refractivity contribution >= 4 is 34.4 Å². The molecular formula is C24H25F3N8O2. The predicted octanol–water partition coefficient (Wildman–Crippen LogP) is 4.20. The minimum atomic E-state index is -4.70. The van der Waals surface area contributed by atoms with E-state index in [1.54, 1.807) is 24.6 Å². The van der Waals surface area contributed by atoms with Crippen LogP contribution in [-0.4, -0.2) is 41.0 Å². The molecule has 1 amide bonds. The van der Waals surface area contributed by atoms with Crippen molar-refractivity contribution in [2.75, 3.05) is 11.1 Å². The molecule has 4 rings (SSSR count). The molecule has 4 heterocycles. The lowest BCUT2D eigenvalue weighted by molar-refractivity contribution is -0.142. The van der Waals surface area contributed by atoms with Crippen molar-refractivity contribution in [3.63, 3.8) is 0 Å². The summed E-state index contributed by atoms with van der Waals surface area (Å²) in [5, 5.41) is 6.61. The van der Waals surface area contributed by atoms with Gasteiger partial charge in [-0.05, 0) is 33.8 Å². The Hall–Kier alpha value is -4.29. The Bertz CT molecular complexity index is 1490. The first kappa shape index (κ1) is 25.8. The number of nitrogen functional groups attached to an aromatic ring is 1. The van der Waals surface area contributed by atoms with Crippen LogP contribution in [0, 0.1) is 0 Å². The number of carbonyl (C=O) groups is 2. The number of hydrogen-bond donors (Lipinski definition) is 2. The largest absolute Gasteiger partial charge is 0.435 e. The third-order valence-electron chi connectivity index (χ3n) is 5.63. The number of hydrogen-bond acceptors (Lipinski definition) is 7. The number of halogens is 3. The molecule has 0 unspecified atom stereocenters. The van der Waals surface area contributed by atoms with E-state index in [1.807, 2.05) is 13.8 Å². The molecule has 4 aromatic rings. The Morgan fingerprint density at radius 2 is 1.81 bits per heavy atom. The number of carbonyl (C=O) groups excluding carboxylic acids is 2. The first-order valence-electron chi connectivity index (χ1n) is 11.4. The first-order valence-corrected chi connectivity index (χ1v) is 11.4. The fourth-order valence-corrected chi connectivity index (χ4v) is 3.85. The molecule has 0 spiro atoms. The van der Waals surface area contributed by atoms with E-state index >= 15 is 0 Å². The number of nitrogens with two attached hydrogens (primary N) is 1. The number of fused-ring (bicyclic) bond motifs is 1. The van der Waals surface area contributed by atoms with Crippen LogP contribution in [0.3, 0.4) is 0 Å². The average Bonchev–Trinajstić information content (AvgIpc) is 3.40. The van der Waals surface area contributed by atoms with E-state index in [4.69, 9.17) is 5.73 Å². The third kappa shape index (κ3) is 5.29. The van der Waals surface area contributed by atoms with Gasteiger partial charge < -0.3 is 15.6 Å². The summed E-state index contributed by atoms with van der Waals surface area (Å²) in [6.45, 7) is 7.23. The topological polar surface area (TPSA) is 134 Å². The van der Waals surface area contributed by atoms with Gasteiger partial charge in [0.15, 0.2) is 11.5 Å². The lowest BCUT2D eigenvalue weighted by atomic mass is 10.1. The number of nitrogens with zero attached hydrogens (tertiary/aromatic N) is 6. The van der Waals surface area contributed by atoms with Crippen LogP contribution >= 0.6 is 0 Å². The van der Waals surface area contributed by atoms with Gasteiger partial charge in [-0.15, -0.1) is 0 Å². The van der Waals surface area contributed by atoms with Crippen molar-refractivity contribution in [2.45, 2.75) is 52.4 Å². The summed E-state index contributed by atoms with van der Waals surface area (Å²) in [6.07, 6.45) is 1.72. The van der Waals surface area contributed by atoms with Crippen molar-refractivity contribution in [1.82, 2.24) is 29.3 Å². The summed E-state index contributed by atoms with van der Waals surface area (Å²) in [5.74, 6) is -1.02. The monoisotopic (exact) mass is 514 g/mol.